The van der Waals surface area contributed by atoms with Gasteiger partial charge in [-0.15, -0.1) is 0 Å². The summed E-state index contributed by atoms with van der Waals surface area (Å²) in [5.74, 6) is -1.93. The first-order chi connectivity index (χ1) is 12.4. The van der Waals surface area contributed by atoms with Crippen molar-refractivity contribution in [3.63, 3.8) is 0 Å². The van der Waals surface area contributed by atoms with Gasteiger partial charge in [-0.25, -0.2) is 14.0 Å². The Balaban J connectivity index is 2.25. The number of benzene rings is 1. The van der Waals surface area contributed by atoms with Crippen LogP contribution in [0.5, 0.6) is 0 Å². The van der Waals surface area contributed by atoms with Gasteiger partial charge in [0.1, 0.15) is 18.2 Å². The van der Waals surface area contributed by atoms with Crippen molar-refractivity contribution in [3.05, 3.63) is 86.0 Å². The molecule has 1 aliphatic heterocycles. The molecule has 3 rings (SSSR count). The van der Waals surface area contributed by atoms with Crippen LogP contribution in [0.25, 0.3) is 0 Å². The molecule has 1 aliphatic rings. The summed E-state index contributed by atoms with van der Waals surface area (Å²) in [5, 5.41) is 2.85. The number of allylic oxidation sites excluding steroid dienone is 1. The van der Waals surface area contributed by atoms with Gasteiger partial charge in [-0.2, -0.15) is 0 Å². The average molecular weight is 357 g/mol. The number of rotatable bonds is 4. The fourth-order valence-corrected chi connectivity index (χ4v) is 2.99. The highest BCUT2D eigenvalue weighted by Gasteiger charge is 2.36. The van der Waals surface area contributed by atoms with E-state index in [0.717, 1.165) is 0 Å². The molecule has 0 spiro atoms. The Morgan fingerprint density at radius 1 is 1.35 bits per heavy atom. The molecule has 1 atom stereocenters. The minimum Gasteiger partial charge on any atom is -0.458 e. The zero-order chi connectivity index (χ0) is 18.8. The van der Waals surface area contributed by atoms with Crippen molar-refractivity contribution in [2.24, 2.45) is 0 Å². The summed E-state index contributed by atoms with van der Waals surface area (Å²) in [5.41, 5.74) is -0.331. The van der Waals surface area contributed by atoms with E-state index >= 15 is 0 Å². The third-order valence-corrected chi connectivity index (χ3v) is 4.01. The Morgan fingerprint density at radius 2 is 2.12 bits per heavy atom. The van der Waals surface area contributed by atoms with E-state index < -0.39 is 29.0 Å². The zero-order valence-corrected chi connectivity index (χ0v) is 13.9. The van der Waals surface area contributed by atoms with Gasteiger partial charge in [-0.3, -0.25) is 14.8 Å². The van der Waals surface area contributed by atoms with Crippen LogP contribution < -0.4 is 16.6 Å². The number of aromatic nitrogens is 2. The highest BCUT2D eigenvalue weighted by Crippen LogP contribution is 2.39. The molecular weight excluding hydrogens is 341 g/mol. The first kappa shape index (κ1) is 17.4. The van der Waals surface area contributed by atoms with Gasteiger partial charge in [0.05, 0.1) is 17.1 Å². The van der Waals surface area contributed by atoms with Gasteiger partial charge in [-0.05, 0) is 24.6 Å². The predicted octanol–water partition coefficient (Wildman–Crippen LogP) is 1.76. The largest absolute Gasteiger partial charge is 0.458 e. The molecule has 8 heteroatoms. The molecule has 26 heavy (non-hydrogen) atoms. The molecule has 0 saturated heterocycles. The van der Waals surface area contributed by atoms with Crippen LogP contribution >= 0.6 is 0 Å². The lowest BCUT2D eigenvalue weighted by Crippen LogP contribution is -2.35. The van der Waals surface area contributed by atoms with Crippen LogP contribution in [0.2, 0.25) is 0 Å². The lowest BCUT2D eigenvalue weighted by molar-refractivity contribution is -0.138. The second kappa shape index (κ2) is 6.83. The number of halogens is 1. The Labute approximate surface area is 147 Å². The second-order valence-corrected chi connectivity index (χ2v) is 5.74. The number of fused-ring (bicyclic) bond motifs is 1. The maximum Gasteiger partial charge on any atom is 0.337 e. The zero-order valence-electron chi connectivity index (χ0n) is 13.9. The van der Waals surface area contributed by atoms with Crippen molar-refractivity contribution in [2.45, 2.75) is 12.8 Å². The summed E-state index contributed by atoms with van der Waals surface area (Å²) in [6.45, 7) is 5.09. The van der Waals surface area contributed by atoms with E-state index in [0.29, 0.717) is 11.3 Å². The molecule has 134 valence electrons. The van der Waals surface area contributed by atoms with Gasteiger partial charge < -0.3 is 10.1 Å². The molecule has 0 fully saturated rings. The molecule has 2 heterocycles. The van der Waals surface area contributed by atoms with E-state index in [-0.39, 0.29) is 23.6 Å². The number of hydrogen-bond donors (Lipinski definition) is 3. The molecule has 1 aromatic heterocycles. The van der Waals surface area contributed by atoms with Crippen molar-refractivity contribution in [2.75, 3.05) is 11.9 Å². The predicted molar refractivity (Wildman–Crippen MR) is 93.4 cm³/mol. The summed E-state index contributed by atoms with van der Waals surface area (Å²) in [6.07, 6.45) is 1.42. The monoisotopic (exact) mass is 357 g/mol. The van der Waals surface area contributed by atoms with Gasteiger partial charge in [0, 0.05) is 5.70 Å². The van der Waals surface area contributed by atoms with E-state index in [1.807, 2.05) is 0 Å². The minimum absolute atomic E-state index is 0.0136. The quantitative estimate of drug-likeness (QED) is 0.571. The van der Waals surface area contributed by atoms with Crippen molar-refractivity contribution in [1.82, 2.24) is 9.97 Å². The number of H-pyrrole nitrogens is 2. The summed E-state index contributed by atoms with van der Waals surface area (Å²) < 4.78 is 18.9. The molecule has 7 nitrogen and oxygen atoms in total. The molecule has 2 aromatic rings. The van der Waals surface area contributed by atoms with Crippen LogP contribution in [-0.2, 0) is 9.53 Å². The first-order valence-electron chi connectivity index (χ1n) is 7.80. The average Bonchev–Trinajstić information content (AvgIpc) is 2.58. The lowest BCUT2D eigenvalue weighted by atomic mass is 9.82. The van der Waals surface area contributed by atoms with E-state index in [9.17, 15) is 18.8 Å². The third kappa shape index (κ3) is 3.08. The van der Waals surface area contributed by atoms with Crippen LogP contribution in [0.15, 0.2) is 57.8 Å². The topological polar surface area (TPSA) is 104 Å². The van der Waals surface area contributed by atoms with E-state index in [2.05, 4.69) is 21.9 Å². The molecule has 0 saturated carbocycles. The van der Waals surface area contributed by atoms with Crippen molar-refractivity contribution < 1.29 is 13.9 Å². The van der Waals surface area contributed by atoms with Crippen molar-refractivity contribution in [1.29, 1.82) is 0 Å². The van der Waals surface area contributed by atoms with Crippen molar-refractivity contribution in [3.8, 4) is 0 Å². The molecule has 0 radical (unpaired) electrons. The Kier molecular flexibility index (Phi) is 4.57. The smallest absolute Gasteiger partial charge is 0.337 e. The SMILES string of the molecule is C=CCOC(=O)C1=C(C)Nc2[nH]c(=O)[nH]c(=O)c2[C@@H]1c1cccc(F)c1. The normalized spacial score (nSPS) is 15.8. The van der Waals surface area contributed by atoms with E-state index in [4.69, 9.17) is 4.74 Å². The number of carbonyl (C=O) groups is 1. The molecule has 0 unspecified atom stereocenters. The van der Waals surface area contributed by atoms with Gasteiger partial charge >= 0.3 is 11.7 Å². The summed E-state index contributed by atoms with van der Waals surface area (Å²) in [7, 11) is 0. The standard InChI is InChI=1S/C18H16FN3O4/c1-3-7-26-17(24)12-9(2)20-15-14(16(23)22-18(25)21-15)13(12)10-5-4-6-11(19)8-10/h3-6,8,13H,1,7H2,2H3,(H3,20,21,22,23,25)/t13-/m1/s1. The maximum atomic E-state index is 13.8. The summed E-state index contributed by atoms with van der Waals surface area (Å²) in [6, 6.07) is 5.57. The highest BCUT2D eigenvalue weighted by atomic mass is 19.1. The minimum atomic E-state index is -0.903. The maximum absolute atomic E-state index is 13.8. The van der Waals surface area contributed by atoms with Gasteiger partial charge in [-0.1, -0.05) is 24.8 Å². The molecule has 1 aromatic carbocycles. The van der Waals surface area contributed by atoms with Crippen molar-refractivity contribution >= 4 is 11.8 Å². The number of esters is 1. The Hall–Kier alpha value is -3.42. The molecule has 0 amide bonds. The number of carbonyl (C=O) groups excluding carboxylic acids is 1. The number of anilines is 1. The summed E-state index contributed by atoms with van der Waals surface area (Å²) >= 11 is 0. The van der Waals surface area contributed by atoms with Gasteiger partial charge in [0.2, 0.25) is 0 Å². The first-order valence-corrected chi connectivity index (χ1v) is 7.80. The second-order valence-electron chi connectivity index (χ2n) is 5.74. The number of ether oxygens (including phenoxy) is 1. The number of aromatic amines is 2. The number of nitrogens with one attached hydrogen (secondary N) is 3. The van der Waals surface area contributed by atoms with Gasteiger partial charge in [0.15, 0.2) is 0 Å². The fraction of sp³-hybridized carbons (Fsp3) is 0.167. The highest BCUT2D eigenvalue weighted by molar-refractivity contribution is 5.94. The van der Waals surface area contributed by atoms with E-state index in [1.54, 1.807) is 13.0 Å². The molecular formula is C18H16FN3O4. The number of hydrogen-bond acceptors (Lipinski definition) is 5. The fourth-order valence-electron chi connectivity index (χ4n) is 2.99. The van der Waals surface area contributed by atoms with E-state index in [1.165, 1.54) is 24.3 Å². The van der Waals surface area contributed by atoms with Crippen LogP contribution in [-0.4, -0.2) is 22.5 Å². The molecule has 0 bridgehead atoms. The van der Waals surface area contributed by atoms with Crippen LogP contribution in [0.4, 0.5) is 10.2 Å². The Morgan fingerprint density at radius 3 is 2.81 bits per heavy atom. The van der Waals surface area contributed by atoms with Gasteiger partial charge in [0.25, 0.3) is 5.56 Å². The van der Waals surface area contributed by atoms with Crippen LogP contribution in [0, 0.1) is 5.82 Å². The third-order valence-electron chi connectivity index (χ3n) is 4.01. The van der Waals surface area contributed by atoms with Crippen LogP contribution in [0.3, 0.4) is 0 Å². The summed E-state index contributed by atoms with van der Waals surface area (Å²) in [4.78, 5) is 41.2. The van der Waals surface area contributed by atoms with Crippen LogP contribution in [0.1, 0.15) is 24.0 Å². The molecule has 0 aliphatic carbocycles. The Bertz CT molecular complexity index is 1040. The lowest BCUT2D eigenvalue weighted by Gasteiger charge is -2.28. The molecule has 3 N–H and O–H groups in total.